The molecule has 0 spiro atoms. The molecule has 4 rings (SSSR count). The highest BCUT2D eigenvalue weighted by atomic mass is 16.3. The van der Waals surface area contributed by atoms with Gasteiger partial charge in [0, 0.05) is 5.56 Å². The zero-order valence-corrected chi connectivity index (χ0v) is 13.3. The number of aromatic amines is 1. The van der Waals surface area contributed by atoms with Crippen LogP contribution in [-0.4, -0.2) is 24.5 Å². The van der Waals surface area contributed by atoms with Crippen LogP contribution >= 0.6 is 0 Å². The number of imidazole rings is 1. The highest BCUT2D eigenvalue weighted by molar-refractivity contribution is 5.87. The van der Waals surface area contributed by atoms with Crippen LogP contribution in [0.5, 0.6) is 0 Å². The van der Waals surface area contributed by atoms with E-state index in [2.05, 4.69) is 21.9 Å². The molecule has 0 bridgehead atoms. The summed E-state index contributed by atoms with van der Waals surface area (Å²) in [6, 6.07) is 7.97. The first-order chi connectivity index (χ1) is 10.9. The van der Waals surface area contributed by atoms with Crippen LogP contribution in [0.25, 0.3) is 27.9 Å². The second-order valence-corrected chi connectivity index (χ2v) is 6.41. The van der Waals surface area contributed by atoms with Crippen LogP contribution in [0.1, 0.15) is 25.0 Å². The second-order valence-electron chi connectivity index (χ2n) is 6.41. The molecule has 0 aliphatic carbocycles. The van der Waals surface area contributed by atoms with E-state index in [4.69, 9.17) is 0 Å². The van der Waals surface area contributed by atoms with Gasteiger partial charge in [0.2, 0.25) is 0 Å². The zero-order valence-electron chi connectivity index (χ0n) is 13.3. The van der Waals surface area contributed by atoms with Crippen LogP contribution in [0.15, 0.2) is 43.0 Å². The third-order valence-electron chi connectivity index (χ3n) is 4.31. The standard InChI is InChI=1S/C18H18N4O/c1-11-15(12-4-6-13(7-5-12)18(2,3)23)21-17-16(11)22-10-19-8-14(22)9-20-17/h4-10,21,23H,1-3H3. The van der Waals surface area contributed by atoms with Crippen molar-refractivity contribution in [2.45, 2.75) is 26.4 Å². The summed E-state index contributed by atoms with van der Waals surface area (Å²) >= 11 is 0. The molecule has 2 N–H and O–H groups in total. The molecular weight excluding hydrogens is 288 g/mol. The number of rotatable bonds is 2. The molecule has 0 aliphatic heterocycles. The van der Waals surface area contributed by atoms with E-state index in [1.165, 1.54) is 0 Å². The number of hydrogen-bond donors (Lipinski definition) is 2. The highest BCUT2D eigenvalue weighted by Gasteiger charge is 2.17. The summed E-state index contributed by atoms with van der Waals surface area (Å²) in [5.41, 5.74) is 6.16. The van der Waals surface area contributed by atoms with Crippen LogP contribution in [0, 0.1) is 6.92 Å². The van der Waals surface area contributed by atoms with Gasteiger partial charge in [-0.1, -0.05) is 24.3 Å². The first kappa shape index (κ1) is 14.0. The smallest absolute Gasteiger partial charge is 0.155 e. The molecule has 0 radical (unpaired) electrons. The van der Waals surface area contributed by atoms with Crippen molar-refractivity contribution in [3.63, 3.8) is 0 Å². The average Bonchev–Trinajstić information content (AvgIpc) is 3.10. The predicted molar refractivity (Wildman–Crippen MR) is 90.3 cm³/mol. The van der Waals surface area contributed by atoms with Gasteiger partial charge in [-0.2, -0.15) is 0 Å². The van der Waals surface area contributed by atoms with Gasteiger partial charge in [-0.3, -0.25) is 4.40 Å². The van der Waals surface area contributed by atoms with E-state index in [1.54, 1.807) is 26.4 Å². The predicted octanol–water partition coefficient (Wildman–Crippen LogP) is 3.41. The zero-order chi connectivity index (χ0) is 16.2. The lowest BCUT2D eigenvalue weighted by Crippen LogP contribution is -2.14. The Morgan fingerprint density at radius 1 is 1.13 bits per heavy atom. The molecule has 0 saturated heterocycles. The first-order valence-electron chi connectivity index (χ1n) is 7.58. The summed E-state index contributed by atoms with van der Waals surface area (Å²) in [4.78, 5) is 12.1. The Morgan fingerprint density at radius 3 is 2.57 bits per heavy atom. The van der Waals surface area contributed by atoms with Gasteiger partial charge in [-0.25, -0.2) is 9.97 Å². The van der Waals surface area contributed by atoms with Crippen molar-refractivity contribution < 1.29 is 5.11 Å². The minimum absolute atomic E-state index is 0.835. The molecule has 0 atom stereocenters. The van der Waals surface area contributed by atoms with E-state index in [-0.39, 0.29) is 0 Å². The van der Waals surface area contributed by atoms with Crippen LogP contribution in [0.2, 0.25) is 0 Å². The maximum atomic E-state index is 10.1. The molecule has 0 amide bonds. The Balaban J connectivity index is 1.90. The molecule has 0 aliphatic rings. The van der Waals surface area contributed by atoms with Gasteiger partial charge in [-0.15, -0.1) is 0 Å². The van der Waals surface area contributed by atoms with E-state index in [0.29, 0.717) is 0 Å². The minimum atomic E-state index is -0.835. The lowest BCUT2D eigenvalue weighted by molar-refractivity contribution is 0.0786. The van der Waals surface area contributed by atoms with Gasteiger partial charge in [-0.05, 0) is 31.9 Å². The Hall–Kier alpha value is -2.66. The molecule has 0 saturated carbocycles. The molecule has 5 heteroatoms. The molecule has 3 heterocycles. The summed E-state index contributed by atoms with van der Waals surface area (Å²) in [6.45, 7) is 5.66. The topological polar surface area (TPSA) is 66.2 Å². The maximum absolute atomic E-state index is 10.1. The van der Waals surface area contributed by atoms with Crippen LogP contribution < -0.4 is 0 Å². The van der Waals surface area contributed by atoms with Crippen molar-refractivity contribution >= 4 is 16.7 Å². The van der Waals surface area contributed by atoms with Gasteiger partial charge >= 0.3 is 0 Å². The molecule has 0 unspecified atom stereocenters. The maximum Gasteiger partial charge on any atom is 0.155 e. The Labute approximate surface area is 133 Å². The molecule has 4 aromatic rings. The number of aromatic nitrogens is 4. The van der Waals surface area contributed by atoms with Gasteiger partial charge in [0.05, 0.1) is 41.0 Å². The largest absolute Gasteiger partial charge is 0.386 e. The number of nitrogens with zero attached hydrogens (tertiary/aromatic N) is 3. The third-order valence-corrected chi connectivity index (χ3v) is 4.31. The van der Waals surface area contributed by atoms with Crippen LogP contribution in [0.3, 0.4) is 0 Å². The first-order valence-corrected chi connectivity index (χ1v) is 7.58. The molecule has 5 nitrogen and oxygen atoms in total. The van der Waals surface area contributed by atoms with Crippen molar-refractivity contribution in [2.24, 2.45) is 0 Å². The fourth-order valence-corrected chi connectivity index (χ4v) is 3.01. The van der Waals surface area contributed by atoms with E-state index >= 15 is 0 Å². The normalized spacial score (nSPS) is 12.3. The number of aliphatic hydroxyl groups is 1. The number of aryl methyl sites for hydroxylation is 1. The summed E-state index contributed by atoms with van der Waals surface area (Å²) in [6.07, 6.45) is 5.42. The van der Waals surface area contributed by atoms with Gasteiger partial charge in [0.25, 0.3) is 0 Å². The fourth-order valence-electron chi connectivity index (χ4n) is 3.01. The summed E-state index contributed by atoms with van der Waals surface area (Å²) in [7, 11) is 0. The monoisotopic (exact) mass is 306 g/mol. The molecule has 23 heavy (non-hydrogen) atoms. The third kappa shape index (κ3) is 2.12. The van der Waals surface area contributed by atoms with E-state index < -0.39 is 5.60 Å². The molecule has 1 aromatic carbocycles. The van der Waals surface area contributed by atoms with Crippen molar-refractivity contribution in [1.29, 1.82) is 0 Å². The Bertz CT molecular complexity index is 1000. The Morgan fingerprint density at radius 2 is 1.87 bits per heavy atom. The van der Waals surface area contributed by atoms with Gasteiger partial charge < -0.3 is 10.1 Å². The van der Waals surface area contributed by atoms with Gasteiger partial charge in [0.1, 0.15) is 0 Å². The van der Waals surface area contributed by atoms with E-state index in [9.17, 15) is 5.11 Å². The number of nitrogens with one attached hydrogen (secondary N) is 1. The molecule has 3 aromatic heterocycles. The summed E-state index contributed by atoms with van der Waals surface area (Å²) in [5, 5.41) is 10.1. The quantitative estimate of drug-likeness (QED) is 0.596. The Kier molecular flexibility index (Phi) is 2.83. The molecule has 116 valence electrons. The molecular formula is C18H18N4O. The number of benzene rings is 1. The summed E-state index contributed by atoms with van der Waals surface area (Å²) in [5.74, 6) is 0. The highest BCUT2D eigenvalue weighted by Crippen LogP contribution is 2.30. The fraction of sp³-hybridized carbons (Fsp3) is 0.222. The van der Waals surface area contributed by atoms with Crippen LogP contribution in [-0.2, 0) is 5.60 Å². The minimum Gasteiger partial charge on any atom is -0.386 e. The lowest BCUT2D eigenvalue weighted by Gasteiger charge is -2.17. The average molecular weight is 306 g/mol. The number of hydrogen-bond acceptors (Lipinski definition) is 3. The van der Waals surface area contributed by atoms with Gasteiger partial charge in [0.15, 0.2) is 5.65 Å². The molecule has 0 fully saturated rings. The van der Waals surface area contributed by atoms with Crippen molar-refractivity contribution in [3.05, 3.63) is 54.1 Å². The van der Waals surface area contributed by atoms with E-state index in [1.807, 2.05) is 34.9 Å². The second kappa shape index (κ2) is 4.67. The SMILES string of the molecule is Cc1c(-c2ccc(C(C)(C)O)cc2)[nH]c2ncc3cncn3c12. The number of fused-ring (bicyclic) bond motifs is 3. The van der Waals surface area contributed by atoms with Crippen molar-refractivity contribution in [3.8, 4) is 11.3 Å². The number of H-pyrrole nitrogens is 1. The lowest BCUT2D eigenvalue weighted by atomic mass is 9.96. The van der Waals surface area contributed by atoms with E-state index in [0.717, 1.165) is 39.1 Å². The van der Waals surface area contributed by atoms with Crippen molar-refractivity contribution in [1.82, 2.24) is 19.4 Å². The summed E-state index contributed by atoms with van der Waals surface area (Å²) < 4.78 is 2.04. The van der Waals surface area contributed by atoms with Crippen LogP contribution in [0.4, 0.5) is 0 Å². The van der Waals surface area contributed by atoms with Crippen molar-refractivity contribution in [2.75, 3.05) is 0 Å².